The van der Waals surface area contributed by atoms with Crippen LogP contribution in [0.25, 0.3) is 0 Å². The molecule has 3 fully saturated rings. The zero-order valence-electron chi connectivity index (χ0n) is 14.1. The molecular weight excluding hydrogens is 352 g/mol. The van der Waals surface area contributed by atoms with Gasteiger partial charge in [-0.15, -0.1) is 0 Å². The minimum Gasteiger partial charge on any atom is -0.195 e. The second-order valence-corrected chi connectivity index (χ2v) is 10.6. The van der Waals surface area contributed by atoms with Crippen molar-refractivity contribution in [3.63, 3.8) is 0 Å². The lowest BCUT2D eigenvalue weighted by Gasteiger charge is -2.39. The van der Waals surface area contributed by atoms with Gasteiger partial charge in [-0.1, -0.05) is 12.8 Å². The number of rotatable bonds is 4. The molecule has 3 aliphatic rings. The Morgan fingerprint density at radius 1 is 0.375 bits per heavy atom. The first-order valence-electron chi connectivity index (χ1n) is 8.93. The van der Waals surface area contributed by atoms with Crippen molar-refractivity contribution in [3.05, 3.63) is 0 Å². The molecule has 0 spiro atoms. The second kappa shape index (κ2) is 7.55. The van der Waals surface area contributed by atoms with Crippen molar-refractivity contribution in [1.82, 2.24) is 17.2 Å². The van der Waals surface area contributed by atoms with Crippen LogP contribution >= 0.6 is 0 Å². The molecule has 0 N–H and O–H groups in total. The first-order chi connectivity index (χ1) is 11.4. The van der Waals surface area contributed by atoms with Crippen molar-refractivity contribution in [2.45, 2.75) is 38.5 Å². The van der Waals surface area contributed by atoms with Crippen LogP contribution < -0.4 is 0 Å². The van der Waals surface area contributed by atoms with E-state index in [1.54, 1.807) is 8.61 Å². The van der Waals surface area contributed by atoms with Crippen molar-refractivity contribution in [1.29, 1.82) is 0 Å². The molecule has 0 aromatic carbocycles. The molecule has 3 saturated heterocycles. The van der Waals surface area contributed by atoms with E-state index in [0.717, 1.165) is 38.5 Å². The molecular formula is C14H28N4O4S2. The van der Waals surface area contributed by atoms with Crippen LogP contribution in [0.4, 0.5) is 0 Å². The van der Waals surface area contributed by atoms with Gasteiger partial charge in [-0.25, -0.2) is 0 Å². The first-order valence-corrected chi connectivity index (χ1v) is 11.7. The average Bonchev–Trinajstić information content (AvgIpc) is 2.63. The number of hydrogen-bond donors (Lipinski definition) is 0. The van der Waals surface area contributed by atoms with E-state index >= 15 is 0 Å². The summed E-state index contributed by atoms with van der Waals surface area (Å²) in [7, 11) is -6.89. The van der Waals surface area contributed by atoms with Crippen LogP contribution in [0.1, 0.15) is 38.5 Å². The van der Waals surface area contributed by atoms with Crippen LogP contribution in [0.15, 0.2) is 0 Å². The fourth-order valence-corrected chi connectivity index (χ4v) is 6.99. The van der Waals surface area contributed by atoms with Crippen LogP contribution in [0, 0.1) is 0 Å². The lowest BCUT2D eigenvalue weighted by atomic mass is 10.2. The summed E-state index contributed by atoms with van der Waals surface area (Å²) in [6.45, 7) is 3.28. The number of hydrogen-bond acceptors (Lipinski definition) is 4. The third-order valence-electron chi connectivity index (χ3n) is 5.13. The van der Waals surface area contributed by atoms with Crippen LogP contribution in [0.2, 0.25) is 0 Å². The molecule has 0 bridgehead atoms. The topological polar surface area (TPSA) is 81.2 Å². The summed E-state index contributed by atoms with van der Waals surface area (Å²) in [5.74, 6) is 0. The molecule has 10 heteroatoms. The summed E-state index contributed by atoms with van der Waals surface area (Å²) >= 11 is 0. The highest BCUT2D eigenvalue weighted by atomic mass is 32.2. The molecule has 0 unspecified atom stereocenters. The van der Waals surface area contributed by atoms with Crippen LogP contribution in [0.3, 0.4) is 0 Å². The fraction of sp³-hybridized carbons (Fsp3) is 1.00. The van der Waals surface area contributed by atoms with Gasteiger partial charge in [-0.05, 0) is 25.7 Å². The Hall–Kier alpha value is -0.260. The summed E-state index contributed by atoms with van der Waals surface area (Å²) in [5, 5.41) is 0. The smallest absolute Gasteiger partial charge is 0.195 e. The van der Waals surface area contributed by atoms with E-state index in [-0.39, 0.29) is 26.2 Å². The second-order valence-electron chi connectivity index (χ2n) is 6.73. The van der Waals surface area contributed by atoms with E-state index in [0.29, 0.717) is 26.2 Å². The predicted molar refractivity (Wildman–Crippen MR) is 91.8 cm³/mol. The third kappa shape index (κ3) is 3.78. The van der Waals surface area contributed by atoms with E-state index in [9.17, 15) is 16.8 Å². The number of piperidine rings is 2. The maximum atomic E-state index is 12.7. The SMILES string of the molecule is O=S(=O)(N1CCCCC1)N1CCN(S(=O)(=O)N2CCCCC2)CC1. The normalized spacial score (nSPS) is 27.3. The van der Waals surface area contributed by atoms with Gasteiger partial charge in [0, 0.05) is 52.4 Å². The van der Waals surface area contributed by atoms with Crippen molar-refractivity contribution in [2.24, 2.45) is 0 Å². The Labute approximate surface area is 145 Å². The summed E-state index contributed by atoms with van der Waals surface area (Å²) in [4.78, 5) is 0. The molecule has 3 rings (SSSR count). The summed E-state index contributed by atoms with van der Waals surface area (Å²) in [6.07, 6.45) is 5.78. The van der Waals surface area contributed by atoms with E-state index in [4.69, 9.17) is 0 Å². The van der Waals surface area contributed by atoms with E-state index in [1.807, 2.05) is 0 Å². The lowest BCUT2D eigenvalue weighted by Crippen LogP contribution is -2.57. The summed E-state index contributed by atoms with van der Waals surface area (Å²) < 4.78 is 56.7. The van der Waals surface area contributed by atoms with Crippen LogP contribution in [-0.4, -0.2) is 86.4 Å². The van der Waals surface area contributed by atoms with E-state index in [2.05, 4.69) is 0 Å². The zero-order valence-corrected chi connectivity index (χ0v) is 15.8. The Morgan fingerprint density at radius 3 is 0.917 bits per heavy atom. The molecule has 0 aliphatic carbocycles. The van der Waals surface area contributed by atoms with Crippen molar-refractivity contribution >= 4 is 20.4 Å². The number of piperazine rings is 1. The molecule has 3 aliphatic heterocycles. The van der Waals surface area contributed by atoms with Crippen LogP contribution in [0.5, 0.6) is 0 Å². The molecule has 3 heterocycles. The quantitative estimate of drug-likeness (QED) is 0.691. The van der Waals surface area contributed by atoms with Gasteiger partial charge >= 0.3 is 0 Å². The molecule has 0 aromatic rings. The van der Waals surface area contributed by atoms with Gasteiger partial charge in [-0.2, -0.15) is 34.1 Å². The summed E-state index contributed by atoms with van der Waals surface area (Å²) in [5.41, 5.74) is 0. The summed E-state index contributed by atoms with van der Waals surface area (Å²) in [6, 6.07) is 0. The Morgan fingerprint density at radius 2 is 0.625 bits per heavy atom. The Kier molecular flexibility index (Phi) is 5.83. The molecule has 0 aromatic heterocycles. The van der Waals surface area contributed by atoms with E-state index in [1.165, 1.54) is 8.61 Å². The van der Waals surface area contributed by atoms with Crippen molar-refractivity contribution in [2.75, 3.05) is 52.4 Å². The first kappa shape index (κ1) is 18.5. The molecule has 0 atom stereocenters. The maximum absolute atomic E-state index is 12.7. The molecule has 24 heavy (non-hydrogen) atoms. The minimum absolute atomic E-state index is 0.242. The largest absolute Gasteiger partial charge is 0.282 e. The molecule has 140 valence electrons. The van der Waals surface area contributed by atoms with Gasteiger partial charge in [0.15, 0.2) is 0 Å². The third-order valence-corrected chi connectivity index (χ3v) is 9.20. The molecule has 0 saturated carbocycles. The van der Waals surface area contributed by atoms with Crippen LogP contribution in [-0.2, 0) is 20.4 Å². The monoisotopic (exact) mass is 380 g/mol. The highest BCUT2D eigenvalue weighted by Crippen LogP contribution is 2.21. The zero-order chi connectivity index (χ0) is 17.2. The molecule has 0 amide bonds. The van der Waals surface area contributed by atoms with E-state index < -0.39 is 20.4 Å². The average molecular weight is 381 g/mol. The van der Waals surface area contributed by atoms with Gasteiger partial charge in [0.2, 0.25) is 0 Å². The van der Waals surface area contributed by atoms with Gasteiger partial charge in [0.1, 0.15) is 0 Å². The standard InChI is InChI=1S/C14H28N4O4S2/c19-23(20,15-7-3-1-4-8-15)17-11-13-18(14-12-17)24(21,22)16-9-5-2-6-10-16/h1-14H2. The fourth-order valence-electron chi connectivity index (χ4n) is 3.65. The van der Waals surface area contributed by atoms with Gasteiger partial charge < -0.3 is 0 Å². The maximum Gasteiger partial charge on any atom is 0.282 e. The van der Waals surface area contributed by atoms with Crippen molar-refractivity contribution < 1.29 is 16.8 Å². The Bertz CT molecular complexity index is 561. The molecule has 0 radical (unpaired) electrons. The Balaban J connectivity index is 1.60. The predicted octanol–water partition coefficient (Wildman–Crippen LogP) is 0.0654. The highest BCUT2D eigenvalue weighted by Gasteiger charge is 2.37. The highest BCUT2D eigenvalue weighted by molar-refractivity contribution is 7.87. The van der Waals surface area contributed by atoms with Gasteiger partial charge in [0.25, 0.3) is 20.4 Å². The minimum atomic E-state index is -3.45. The van der Waals surface area contributed by atoms with Gasteiger partial charge in [0.05, 0.1) is 0 Å². The van der Waals surface area contributed by atoms with Crippen molar-refractivity contribution in [3.8, 4) is 0 Å². The lowest BCUT2D eigenvalue weighted by molar-refractivity contribution is 0.229. The molecule has 8 nitrogen and oxygen atoms in total. The number of nitrogens with zero attached hydrogens (tertiary/aromatic N) is 4. The van der Waals surface area contributed by atoms with Gasteiger partial charge in [-0.3, -0.25) is 0 Å².